The number of alkyl halides is 2. The van der Waals surface area contributed by atoms with E-state index in [-0.39, 0.29) is 17.9 Å². The topological polar surface area (TPSA) is 42.4 Å². The Morgan fingerprint density at radius 1 is 1.33 bits per heavy atom. The van der Waals surface area contributed by atoms with Crippen LogP contribution in [0, 0.1) is 5.92 Å². The monoisotopic (exact) mass is 426 g/mol. The molecular weight excluding hydrogens is 403 g/mol. The number of methoxy groups -OCH3 is 1. The molecule has 4 nitrogen and oxygen atoms in total. The highest BCUT2D eigenvalue weighted by Gasteiger charge is 2.24. The van der Waals surface area contributed by atoms with Gasteiger partial charge in [0.2, 0.25) is 5.91 Å². The summed E-state index contributed by atoms with van der Waals surface area (Å²) in [4.78, 5) is 18.5. The lowest BCUT2D eigenvalue weighted by Crippen LogP contribution is -2.31. The fourth-order valence-electron chi connectivity index (χ4n) is 2.63. The van der Waals surface area contributed by atoms with Gasteiger partial charge in [0.25, 0.3) is 0 Å². The number of aromatic nitrogens is 1. The number of hydrogen-bond acceptors (Lipinski definition) is 4. The highest BCUT2D eigenvalue weighted by Crippen LogP contribution is 2.27. The van der Waals surface area contributed by atoms with Crippen molar-refractivity contribution in [3.05, 3.63) is 64.3 Å². The number of thiazole rings is 1. The summed E-state index contributed by atoms with van der Waals surface area (Å²) < 4.78 is 5.36. The van der Waals surface area contributed by atoms with Crippen LogP contribution in [-0.2, 0) is 16.0 Å². The van der Waals surface area contributed by atoms with Crippen LogP contribution in [0.25, 0.3) is 0 Å². The zero-order valence-corrected chi connectivity index (χ0v) is 18.0. The van der Waals surface area contributed by atoms with E-state index in [2.05, 4.69) is 17.1 Å². The molecule has 0 radical (unpaired) electrons. The average molecular weight is 427 g/mol. The number of benzene rings is 1. The number of nitrogens with zero attached hydrogens (tertiary/aromatic N) is 2. The van der Waals surface area contributed by atoms with Gasteiger partial charge in [0.1, 0.15) is 15.6 Å². The van der Waals surface area contributed by atoms with Gasteiger partial charge >= 0.3 is 0 Å². The lowest BCUT2D eigenvalue weighted by molar-refractivity contribution is -0.127. The van der Waals surface area contributed by atoms with Gasteiger partial charge in [0, 0.05) is 31.1 Å². The van der Waals surface area contributed by atoms with Crippen LogP contribution in [0.3, 0.4) is 0 Å². The van der Waals surface area contributed by atoms with Crippen molar-refractivity contribution in [3.63, 3.8) is 0 Å². The molecule has 0 aliphatic carbocycles. The van der Waals surface area contributed by atoms with Gasteiger partial charge in [0.05, 0.1) is 13.2 Å². The Morgan fingerprint density at radius 2 is 2.04 bits per heavy atom. The number of hydrogen-bond donors (Lipinski definition) is 0. The molecule has 0 spiro atoms. The first kappa shape index (κ1) is 21.7. The van der Waals surface area contributed by atoms with Crippen molar-refractivity contribution in [3.8, 4) is 0 Å². The number of carbonyl (C=O) groups excluding carboxylic acids is 1. The van der Waals surface area contributed by atoms with Crippen LogP contribution in [0.15, 0.2) is 53.7 Å². The number of halogens is 2. The summed E-state index contributed by atoms with van der Waals surface area (Å²) in [6.45, 7) is 1.92. The van der Waals surface area contributed by atoms with Crippen LogP contribution < -0.4 is 0 Å². The van der Waals surface area contributed by atoms with Gasteiger partial charge in [-0.15, -0.1) is 34.5 Å². The first-order chi connectivity index (χ1) is 12.9. The second-order valence-corrected chi connectivity index (χ2v) is 8.45. The third kappa shape index (κ3) is 6.52. The first-order valence-electron chi connectivity index (χ1n) is 8.65. The molecule has 0 fully saturated rings. The van der Waals surface area contributed by atoms with Crippen molar-refractivity contribution >= 4 is 40.4 Å². The van der Waals surface area contributed by atoms with Crippen LogP contribution in [0.5, 0.6) is 0 Å². The van der Waals surface area contributed by atoms with Crippen LogP contribution in [-0.4, -0.2) is 34.8 Å². The number of rotatable bonds is 9. The van der Waals surface area contributed by atoms with Crippen molar-refractivity contribution in [1.29, 1.82) is 0 Å². The third-order valence-electron chi connectivity index (χ3n) is 4.32. The molecule has 1 heterocycles. The van der Waals surface area contributed by atoms with Gasteiger partial charge in [-0.1, -0.05) is 37.3 Å². The lowest BCUT2D eigenvalue weighted by Gasteiger charge is -2.26. The summed E-state index contributed by atoms with van der Waals surface area (Å²) in [6.07, 6.45) is 4.46. The molecule has 0 aliphatic rings. The molecule has 146 valence electrons. The number of allylic oxidation sites excluding steroid dienone is 1. The van der Waals surface area contributed by atoms with E-state index in [1.165, 1.54) is 6.08 Å². The Morgan fingerprint density at radius 3 is 2.59 bits per heavy atom. The van der Waals surface area contributed by atoms with Gasteiger partial charge in [0.15, 0.2) is 0 Å². The van der Waals surface area contributed by atoms with E-state index in [1.807, 2.05) is 30.5 Å². The van der Waals surface area contributed by atoms with Crippen LogP contribution >= 0.6 is 34.5 Å². The van der Waals surface area contributed by atoms with Crippen molar-refractivity contribution in [2.45, 2.75) is 30.6 Å². The Hall–Kier alpha value is -1.56. The summed E-state index contributed by atoms with van der Waals surface area (Å²) >= 11 is 13.4. The fourth-order valence-corrected chi connectivity index (χ4v) is 3.59. The summed E-state index contributed by atoms with van der Waals surface area (Å²) in [7, 11) is 3.34. The van der Waals surface area contributed by atoms with Crippen LogP contribution in [0.4, 0.5) is 0 Å². The zero-order chi connectivity index (χ0) is 19.8. The molecule has 1 aromatic carbocycles. The molecule has 0 unspecified atom stereocenters. The number of carbonyl (C=O) groups is 1. The molecule has 27 heavy (non-hydrogen) atoms. The van der Waals surface area contributed by atoms with Gasteiger partial charge < -0.3 is 9.64 Å². The summed E-state index contributed by atoms with van der Waals surface area (Å²) in [6, 6.07) is 9.92. The smallest absolute Gasteiger partial charge is 0.250 e. The summed E-state index contributed by atoms with van der Waals surface area (Å²) in [5.74, 6) is 0.399. The molecule has 7 heteroatoms. The normalized spacial score (nSPS) is 14.1. The largest absolute Gasteiger partial charge is 0.501 e. The van der Waals surface area contributed by atoms with Crippen LogP contribution in [0.1, 0.15) is 30.0 Å². The Labute approximate surface area is 174 Å². The number of amides is 1. The second kappa shape index (κ2) is 10.7. The van der Waals surface area contributed by atoms with E-state index in [0.29, 0.717) is 18.6 Å². The minimum absolute atomic E-state index is 0.0169. The average Bonchev–Trinajstić information content (AvgIpc) is 3.20. The summed E-state index contributed by atoms with van der Waals surface area (Å²) in [5, 5.41) is 2.82. The highest BCUT2D eigenvalue weighted by atomic mass is 35.5. The van der Waals surface area contributed by atoms with E-state index < -0.39 is 4.84 Å². The maximum Gasteiger partial charge on any atom is 0.250 e. The predicted octanol–water partition coefficient (Wildman–Crippen LogP) is 5.25. The second-order valence-electron chi connectivity index (χ2n) is 6.36. The molecule has 2 aromatic rings. The number of ether oxygens (including phenoxy) is 1. The highest BCUT2D eigenvalue weighted by molar-refractivity contribution is 7.09. The first-order valence-corrected chi connectivity index (χ1v) is 10.4. The lowest BCUT2D eigenvalue weighted by atomic mass is 10.0. The van der Waals surface area contributed by atoms with Crippen LogP contribution in [0.2, 0.25) is 0 Å². The molecule has 2 rings (SSSR count). The minimum atomic E-state index is -0.516. The van der Waals surface area contributed by atoms with Crippen molar-refractivity contribution in [2.24, 2.45) is 5.92 Å². The SMILES string of the molecule is COC(=CC(=O)N(C)[C@@H](Cc1ccccc1)c1nccs1)C[C@H](C)C(Cl)Cl. The molecule has 0 saturated carbocycles. The molecule has 0 N–H and O–H groups in total. The predicted molar refractivity (Wildman–Crippen MR) is 112 cm³/mol. The molecule has 2 atom stereocenters. The van der Waals surface area contributed by atoms with Gasteiger partial charge in [-0.3, -0.25) is 4.79 Å². The molecule has 1 amide bonds. The Kier molecular flexibility index (Phi) is 8.61. The minimum Gasteiger partial charge on any atom is -0.501 e. The van der Waals surface area contributed by atoms with Crippen molar-refractivity contribution < 1.29 is 9.53 Å². The Bertz CT molecular complexity index is 736. The molecule has 0 aliphatic heterocycles. The summed E-state index contributed by atoms with van der Waals surface area (Å²) in [5.41, 5.74) is 1.15. The third-order valence-corrected chi connectivity index (χ3v) is 6.06. The standard InChI is InChI=1S/C20H24Cl2N2O2S/c1-14(19(21)22)11-16(26-3)13-18(25)24(2)17(20-23-9-10-27-20)12-15-7-5-4-6-8-15/h4-10,13-14,17,19H,11-12H2,1-3H3/t14-,17-/m0/s1. The van der Waals surface area contributed by atoms with E-state index in [0.717, 1.165) is 10.6 Å². The van der Waals surface area contributed by atoms with Crippen molar-refractivity contribution in [1.82, 2.24) is 9.88 Å². The van der Waals surface area contributed by atoms with Gasteiger partial charge in [-0.25, -0.2) is 4.98 Å². The van der Waals surface area contributed by atoms with Gasteiger partial charge in [-0.05, 0) is 17.9 Å². The van der Waals surface area contributed by atoms with E-state index in [9.17, 15) is 4.79 Å². The quantitative estimate of drug-likeness (QED) is 0.312. The van der Waals surface area contributed by atoms with Gasteiger partial charge in [-0.2, -0.15) is 0 Å². The van der Waals surface area contributed by atoms with Crippen molar-refractivity contribution in [2.75, 3.05) is 14.2 Å². The molecule has 0 bridgehead atoms. The van der Waals surface area contributed by atoms with E-state index in [4.69, 9.17) is 27.9 Å². The van der Waals surface area contributed by atoms with E-state index >= 15 is 0 Å². The zero-order valence-electron chi connectivity index (χ0n) is 15.6. The molecular formula is C20H24Cl2N2O2S. The molecule has 0 saturated heterocycles. The number of likely N-dealkylation sites (N-methyl/N-ethyl adjacent to an activating group) is 1. The fraction of sp³-hybridized carbons (Fsp3) is 0.400. The molecule has 1 aromatic heterocycles. The maximum absolute atomic E-state index is 12.9. The maximum atomic E-state index is 12.9. The Balaban J connectivity index is 2.19. The van der Waals surface area contributed by atoms with E-state index in [1.54, 1.807) is 36.6 Å².